The van der Waals surface area contributed by atoms with E-state index in [0.29, 0.717) is 24.2 Å². The van der Waals surface area contributed by atoms with Crippen LogP contribution in [0, 0.1) is 5.92 Å². The van der Waals surface area contributed by atoms with Crippen LogP contribution in [0.15, 0.2) is 41.6 Å². The van der Waals surface area contributed by atoms with Crippen LogP contribution in [0.3, 0.4) is 0 Å². The summed E-state index contributed by atoms with van der Waals surface area (Å²) in [5.74, 6) is -0.266. The van der Waals surface area contributed by atoms with Gasteiger partial charge >= 0.3 is 12.1 Å². The minimum atomic E-state index is -4.53. The SMILES string of the molecule is C/C(=N\OCc1ccc(OCC(C)C)c(C(F)(F)F)c1)c1ccc2c(c1)CCC2N(C)CCC(=O)OC(C)C. The van der Waals surface area contributed by atoms with Crippen molar-refractivity contribution in [3.8, 4) is 5.75 Å². The maximum atomic E-state index is 13.6. The fourth-order valence-corrected chi connectivity index (χ4v) is 4.55. The fraction of sp³-hybridized carbons (Fsp3) is 0.533. The van der Waals surface area contributed by atoms with Crippen molar-refractivity contribution in [2.24, 2.45) is 11.1 Å². The number of nitrogens with zero attached hydrogens (tertiary/aromatic N) is 2. The Morgan fingerprint density at radius 3 is 2.54 bits per heavy atom. The molecule has 2 aromatic carbocycles. The number of halogens is 3. The molecule has 0 saturated heterocycles. The number of esters is 1. The van der Waals surface area contributed by atoms with E-state index in [2.05, 4.69) is 22.2 Å². The Bertz CT molecular complexity index is 1160. The molecule has 3 rings (SSSR count). The summed E-state index contributed by atoms with van der Waals surface area (Å²) in [5, 5.41) is 4.16. The molecule has 0 bridgehead atoms. The summed E-state index contributed by atoms with van der Waals surface area (Å²) >= 11 is 0. The van der Waals surface area contributed by atoms with Crippen molar-refractivity contribution in [3.63, 3.8) is 0 Å². The Hall–Kier alpha value is -3.07. The Labute approximate surface area is 229 Å². The van der Waals surface area contributed by atoms with Crippen molar-refractivity contribution in [1.82, 2.24) is 4.90 Å². The number of fused-ring (bicyclic) bond motifs is 1. The normalized spacial score (nSPS) is 15.7. The van der Waals surface area contributed by atoms with Gasteiger partial charge < -0.3 is 14.3 Å². The molecule has 0 spiro atoms. The molecule has 0 aromatic heterocycles. The van der Waals surface area contributed by atoms with Gasteiger partial charge in [0.2, 0.25) is 0 Å². The van der Waals surface area contributed by atoms with E-state index in [4.69, 9.17) is 14.3 Å². The Kier molecular flexibility index (Phi) is 10.4. The number of oxime groups is 1. The number of ether oxygens (including phenoxy) is 2. The van der Waals surface area contributed by atoms with Gasteiger partial charge in [0.15, 0.2) is 0 Å². The molecule has 9 heteroatoms. The van der Waals surface area contributed by atoms with E-state index in [0.717, 1.165) is 24.5 Å². The molecule has 0 heterocycles. The molecule has 0 aliphatic heterocycles. The lowest BCUT2D eigenvalue weighted by Gasteiger charge is -2.25. The quantitative estimate of drug-likeness (QED) is 0.163. The third kappa shape index (κ3) is 8.71. The van der Waals surface area contributed by atoms with Gasteiger partial charge in [-0.05, 0) is 87.0 Å². The zero-order valence-corrected chi connectivity index (χ0v) is 23.6. The average Bonchev–Trinajstić information content (AvgIpc) is 3.28. The number of benzene rings is 2. The van der Waals surface area contributed by atoms with Crippen LogP contribution in [-0.4, -0.2) is 42.9 Å². The third-order valence-corrected chi connectivity index (χ3v) is 6.53. The number of aryl methyl sites for hydroxylation is 1. The third-order valence-electron chi connectivity index (χ3n) is 6.53. The first kappa shape index (κ1) is 30.5. The van der Waals surface area contributed by atoms with Crippen molar-refractivity contribution < 1.29 is 32.3 Å². The highest BCUT2D eigenvalue weighted by Crippen LogP contribution is 2.38. The van der Waals surface area contributed by atoms with E-state index in [1.807, 2.05) is 47.7 Å². The fourth-order valence-electron chi connectivity index (χ4n) is 4.55. The predicted octanol–water partition coefficient (Wildman–Crippen LogP) is 6.94. The first-order valence-corrected chi connectivity index (χ1v) is 13.4. The smallest absolute Gasteiger partial charge is 0.419 e. The van der Waals surface area contributed by atoms with Gasteiger partial charge in [-0.25, -0.2) is 0 Å². The molecule has 2 aromatic rings. The predicted molar refractivity (Wildman–Crippen MR) is 145 cm³/mol. The Balaban J connectivity index is 1.62. The van der Waals surface area contributed by atoms with Gasteiger partial charge in [0.25, 0.3) is 0 Å². The molecule has 1 unspecified atom stereocenters. The minimum Gasteiger partial charge on any atom is -0.493 e. The van der Waals surface area contributed by atoms with Crippen molar-refractivity contribution in [2.45, 2.75) is 78.8 Å². The van der Waals surface area contributed by atoms with Gasteiger partial charge in [-0.2, -0.15) is 13.2 Å². The largest absolute Gasteiger partial charge is 0.493 e. The lowest BCUT2D eigenvalue weighted by atomic mass is 10.0. The molecule has 1 aliphatic carbocycles. The second-order valence-corrected chi connectivity index (χ2v) is 10.7. The second-order valence-electron chi connectivity index (χ2n) is 10.7. The van der Waals surface area contributed by atoms with Crippen LogP contribution in [0.1, 0.15) is 81.3 Å². The van der Waals surface area contributed by atoms with Crippen molar-refractivity contribution >= 4 is 11.7 Å². The summed E-state index contributed by atoms with van der Waals surface area (Å²) in [6.07, 6.45) is -2.43. The monoisotopic (exact) mass is 548 g/mol. The topological polar surface area (TPSA) is 60.4 Å². The standard InChI is InChI=1S/C30H39F3N2O4/c1-19(2)17-37-28-12-7-22(15-26(28)30(31,32)33)18-38-34-21(5)23-8-10-25-24(16-23)9-11-27(25)35(6)14-13-29(36)39-20(3)4/h7-8,10,12,15-16,19-20,27H,9,11,13-14,17-18H2,1-6H3/b34-21+. The summed E-state index contributed by atoms with van der Waals surface area (Å²) in [6.45, 7) is 9.97. The van der Waals surface area contributed by atoms with E-state index in [9.17, 15) is 18.0 Å². The highest BCUT2D eigenvalue weighted by atomic mass is 19.4. The molecular weight excluding hydrogens is 509 g/mol. The zero-order valence-electron chi connectivity index (χ0n) is 23.6. The molecule has 0 radical (unpaired) electrons. The van der Waals surface area contributed by atoms with Crippen LogP contribution in [-0.2, 0) is 33.6 Å². The van der Waals surface area contributed by atoms with Gasteiger partial charge in [0.05, 0.1) is 30.4 Å². The number of alkyl halides is 3. The average molecular weight is 549 g/mol. The number of carbonyl (C=O) groups excluding carboxylic acids is 1. The van der Waals surface area contributed by atoms with Crippen LogP contribution < -0.4 is 4.74 Å². The van der Waals surface area contributed by atoms with Gasteiger partial charge in [-0.1, -0.05) is 37.2 Å². The molecule has 0 saturated carbocycles. The number of carbonyl (C=O) groups is 1. The molecule has 1 atom stereocenters. The minimum absolute atomic E-state index is 0.0953. The zero-order chi connectivity index (χ0) is 28.7. The molecule has 214 valence electrons. The lowest BCUT2D eigenvalue weighted by molar-refractivity contribution is -0.147. The highest BCUT2D eigenvalue weighted by Gasteiger charge is 2.35. The summed E-state index contributed by atoms with van der Waals surface area (Å²) in [7, 11) is 2.02. The first-order chi connectivity index (χ1) is 18.3. The summed E-state index contributed by atoms with van der Waals surface area (Å²) in [6, 6.07) is 10.3. The molecule has 1 aliphatic rings. The van der Waals surface area contributed by atoms with Crippen LogP contribution in [0.25, 0.3) is 0 Å². The van der Waals surface area contributed by atoms with Gasteiger partial charge in [0, 0.05) is 12.6 Å². The summed E-state index contributed by atoms with van der Waals surface area (Å²) in [4.78, 5) is 19.5. The number of hydrogen-bond acceptors (Lipinski definition) is 6. The van der Waals surface area contributed by atoms with Crippen LogP contribution in [0.4, 0.5) is 13.2 Å². The van der Waals surface area contributed by atoms with E-state index in [-0.39, 0.29) is 43.0 Å². The number of hydrogen-bond donors (Lipinski definition) is 0. The van der Waals surface area contributed by atoms with Crippen molar-refractivity contribution in [1.29, 1.82) is 0 Å². The molecular formula is C30H39F3N2O4. The van der Waals surface area contributed by atoms with Crippen LogP contribution in [0.2, 0.25) is 0 Å². The van der Waals surface area contributed by atoms with E-state index < -0.39 is 11.7 Å². The summed E-state index contributed by atoms with van der Waals surface area (Å²) < 4.78 is 51.3. The Morgan fingerprint density at radius 1 is 1.13 bits per heavy atom. The van der Waals surface area contributed by atoms with Crippen molar-refractivity contribution in [2.75, 3.05) is 20.2 Å². The van der Waals surface area contributed by atoms with Crippen molar-refractivity contribution in [3.05, 3.63) is 64.2 Å². The van der Waals surface area contributed by atoms with E-state index in [1.54, 1.807) is 6.07 Å². The summed E-state index contributed by atoms with van der Waals surface area (Å²) in [5.41, 5.74) is 3.51. The Morgan fingerprint density at radius 2 is 1.87 bits per heavy atom. The molecule has 0 N–H and O–H groups in total. The molecule has 0 fully saturated rings. The van der Waals surface area contributed by atoms with Crippen LogP contribution >= 0.6 is 0 Å². The maximum Gasteiger partial charge on any atom is 0.419 e. The van der Waals surface area contributed by atoms with Gasteiger partial charge in [-0.15, -0.1) is 0 Å². The molecule has 0 amide bonds. The first-order valence-electron chi connectivity index (χ1n) is 13.4. The molecule has 39 heavy (non-hydrogen) atoms. The van der Waals surface area contributed by atoms with Crippen LogP contribution in [0.5, 0.6) is 5.75 Å². The van der Waals surface area contributed by atoms with E-state index >= 15 is 0 Å². The van der Waals surface area contributed by atoms with E-state index in [1.165, 1.54) is 17.2 Å². The highest BCUT2D eigenvalue weighted by molar-refractivity contribution is 5.98. The second kappa shape index (κ2) is 13.3. The van der Waals surface area contributed by atoms with Gasteiger partial charge in [-0.3, -0.25) is 9.69 Å². The molecule has 6 nitrogen and oxygen atoms in total. The van der Waals surface area contributed by atoms with Gasteiger partial charge in [0.1, 0.15) is 12.4 Å². The maximum absolute atomic E-state index is 13.6. The number of rotatable bonds is 12. The lowest BCUT2D eigenvalue weighted by Crippen LogP contribution is -2.26.